The molecule has 0 bridgehead atoms. The van der Waals surface area contributed by atoms with Crippen molar-refractivity contribution < 1.29 is 9.84 Å². The van der Waals surface area contributed by atoms with Gasteiger partial charge in [0.25, 0.3) is 0 Å². The van der Waals surface area contributed by atoms with Gasteiger partial charge in [-0.3, -0.25) is 0 Å². The Kier molecular flexibility index (Phi) is 3.95. The first-order chi connectivity index (χ1) is 7.68. The van der Waals surface area contributed by atoms with Gasteiger partial charge in [-0.05, 0) is 31.4 Å². The highest BCUT2D eigenvalue weighted by Crippen LogP contribution is 2.34. The van der Waals surface area contributed by atoms with E-state index in [-0.39, 0.29) is 6.10 Å². The fourth-order valence-electron chi connectivity index (χ4n) is 1.95. The van der Waals surface area contributed by atoms with Gasteiger partial charge in [-0.2, -0.15) is 0 Å². The summed E-state index contributed by atoms with van der Waals surface area (Å²) < 4.78 is 5.71. The fraction of sp³-hybridized carbons (Fsp3) is 0.500. The summed E-state index contributed by atoms with van der Waals surface area (Å²) in [6, 6.07) is 5.28. The number of benzene rings is 1. The minimum atomic E-state index is -0.399. The molecule has 1 aliphatic carbocycles. The molecule has 1 fully saturated rings. The Morgan fingerprint density at radius 3 is 2.69 bits per heavy atom. The minimum Gasteiger partial charge on any atom is -0.486 e. The topological polar surface area (TPSA) is 29.5 Å². The predicted octanol–water partition coefficient (Wildman–Crippen LogP) is 3.68. The second-order valence-corrected chi connectivity index (χ2v) is 4.85. The zero-order chi connectivity index (χ0) is 11.5. The maximum absolute atomic E-state index is 9.79. The summed E-state index contributed by atoms with van der Waals surface area (Å²) >= 11 is 11.9. The van der Waals surface area contributed by atoms with Crippen LogP contribution in [0.1, 0.15) is 25.7 Å². The van der Waals surface area contributed by atoms with Crippen molar-refractivity contribution in [3.05, 3.63) is 28.2 Å². The standard InChI is InChI=1S/C12H14Cl2O2/c13-8-4-3-7-11(12(8)14)16-10-6-2-1-5-9(10)15/h3-4,7,9-10,15H,1-2,5-6H2/t9-,10-/m1/s1. The summed E-state index contributed by atoms with van der Waals surface area (Å²) in [6.45, 7) is 0. The Labute approximate surface area is 105 Å². The summed E-state index contributed by atoms with van der Waals surface area (Å²) in [7, 11) is 0. The van der Waals surface area contributed by atoms with Gasteiger partial charge in [-0.1, -0.05) is 35.7 Å². The molecule has 4 heteroatoms. The Hall–Kier alpha value is -0.440. The number of halogens is 2. The smallest absolute Gasteiger partial charge is 0.139 e. The van der Waals surface area contributed by atoms with Gasteiger partial charge in [0.2, 0.25) is 0 Å². The van der Waals surface area contributed by atoms with Crippen LogP contribution >= 0.6 is 23.2 Å². The molecule has 1 aliphatic rings. The van der Waals surface area contributed by atoms with Gasteiger partial charge in [0, 0.05) is 0 Å². The molecule has 2 nitrogen and oxygen atoms in total. The first-order valence-electron chi connectivity index (χ1n) is 5.47. The van der Waals surface area contributed by atoms with E-state index in [1.54, 1.807) is 18.2 Å². The van der Waals surface area contributed by atoms with Gasteiger partial charge >= 0.3 is 0 Å². The van der Waals surface area contributed by atoms with Crippen LogP contribution in [0.15, 0.2) is 18.2 Å². The van der Waals surface area contributed by atoms with Gasteiger partial charge in [0.05, 0.1) is 11.1 Å². The molecule has 16 heavy (non-hydrogen) atoms. The Balaban J connectivity index is 2.10. The second kappa shape index (κ2) is 5.26. The lowest BCUT2D eigenvalue weighted by molar-refractivity contribution is 0.00693. The van der Waals surface area contributed by atoms with E-state index in [0.29, 0.717) is 15.8 Å². The van der Waals surface area contributed by atoms with Crippen molar-refractivity contribution in [2.45, 2.75) is 37.9 Å². The zero-order valence-corrected chi connectivity index (χ0v) is 10.3. The normalized spacial score (nSPS) is 25.4. The molecule has 1 aromatic carbocycles. The lowest BCUT2D eigenvalue weighted by atomic mass is 9.95. The van der Waals surface area contributed by atoms with Crippen LogP contribution in [0, 0.1) is 0 Å². The number of aliphatic hydroxyl groups excluding tert-OH is 1. The second-order valence-electron chi connectivity index (χ2n) is 4.06. The summed E-state index contributed by atoms with van der Waals surface area (Å²) in [5.41, 5.74) is 0. The number of rotatable bonds is 2. The van der Waals surface area contributed by atoms with E-state index < -0.39 is 6.10 Å². The van der Waals surface area contributed by atoms with Crippen LogP contribution in [-0.2, 0) is 0 Å². The van der Waals surface area contributed by atoms with E-state index in [2.05, 4.69) is 0 Å². The molecule has 0 heterocycles. The molecule has 1 N–H and O–H groups in total. The molecule has 0 saturated heterocycles. The largest absolute Gasteiger partial charge is 0.486 e. The van der Waals surface area contributed by atoms with E-state index in [0.717, 1.165) is 25.7 Å². The molecule has 0 spiro atoms. The monoisotopic (exact) mass is 260 g/mol. The molecular weight excluding hydrogens is 247 g/mol. The van der Waals surface area contributed by atoms with Crippen molar-refractivity contribution >= 4 is 23.2 Å². The van der Waals surface area contributed by atoms with Crippen molar-refractivity contribution in [3.63, 3.8) is 0 Å². The molecule has 0 unspecified atom stereocenters. The third-order valence-electron chi connectivity index (χ3n) is 2.86. The van der Waals surface area contributed by atoms with E-state index in [9.17, 15) is 5.11 Å². The third kappa shape index (κ3) is 2.62. The zero-order valence-electron chi connectivity index (χ0n) is 8.83. The quantitative estimate of drug-likeness (QED) is 0.880. The van der Waals surface area contributed by atoms with Crippen LogP contribution in [0.3, 0.4) is 0 Å². The van der Waals surface area contributed by atoms with E-state index in [1.807, 2.05) is 0 Å². The van der Waals surface area contributed by atoms with Gasteiger partial charge in [0.1, 0.15) is 16.9 Å². The summed E-state index contributed by atoms with van der Waals surface area (Å²) in [5.74, 6) is 0.556. The highest BCUT2D eigenvalue weighted by molar-refractivity contribution is 6.42. The molecule has 88 valence electrons. The maximum Gasteiger partial charge on any atom is 0.139 e. The fourth-order valence-corrected chi connectivity index (χ4v) is 2.29. The van der Waals surface area contributed by atoms with Crippen LogP contribution in [0.4, 0.5) is 0 Å². The van der Waals surface area contributed by atoms with Crippen molar-refractivity contribution in [2.24, 2.45) is 0 Å². The minimum absolute atomic E-state index is 0.162. The van der Waals surface area contributed by atoms with E-state index >= 15 is 0 Å². The Morgan fingerprint density at radius 1 is 1.19 bits per heavy atom. The molecule has 0 aromatic heterocycles. The number of aliphatic hydroxyl groups is 1. The average molecular weight is 261 g/mol. The summed E-state index contributed by atoms with van der Waals surface area (Å²) in [4.78, 5) is 0. The lowest BCUT2D eigenvalue weighted by Gasteiger charge is -2.28. The Bertz CT molecular complexity index is 368. The third-order valence-corrected chi connectivity index (χ3v) is 3.66. The number of hydrogen-bond donors (Lipinski definition) is 1. The van der Waals surface area contributed by atoms with Crippen molar-refractivity contribution in [3.8, 4) is 5.75 Å². The molecule has 2 rings (SSSR count). The molecule has 0 amide bonds. The van der Waals surface area contributed by atoms with Crippen LogP contribution in [0.25, 0.3) is 0 Å². The van der Waals surface area contributed by atoms with Crippen molar-refractivity contribution in [1.82, 2.24) is 0 Å². The van der Waals surface area contributed by atoms with Gasteiger partial charge in [-0.15, -0.1) is 0 Å². The molecule has 1 saturated carbocycles. The predicted molar refractivity (Wildman–Crippen MR) is 65.4 cm³/mol. The molecule has 1 aromatic rings. The lowest BCUT2D eigenvalue weighted by Crippen LogP contribution is -2.34. The van der Waals surface area contributed by atoms with Crippen LogP contribution in [0.5, 0.6) is 5.75 Å². The highest BCUT2D eigenvalue weighted by Gasteiger charge is 2.25. The molecular formula is C12H14Cl2O2. The van der Waals surface area contributed by atoms with Gasteiger partial charge in [0.15, 0.2) is 0 Å². The van der Waals surface area contributed by atoms with Crippen LogP contribution < -0.4 is 4.74 Å². The van der Waals surface area contributed by atoms with Gasteiger partial charge < -0.3 is 9.84 Å². The number of hydrogen-bond acceptors (Lipinski definition) is 2. The molecule has 2 atom stereocenters. The number of ether oxygens (including phenoxy) is 1. The van der Waals surface area contributed by atoms with E-state index in [1.165, 1.54) is 0 Å². The van der Waals surface area contributed by atoms with Gasteiger partial charge in [-0.25, -0.2) is 0 Å². The maximum atomic E-state index is 9.79. The first kappa shape index (κ1) is 12.0. The first-order valence-corrected chi connectivity index (χ1v) is 6.23. The molecule has 0 radical (unpaired) electrons. The van der Waals surface area contributed by atoms with Crippen LogP contribution in [-0.4, -0.2) is 17.3 Å². The average Bonchev–Trinajstić information content (AvgIpc) is 2.28. The summed E-state index contributed by atoms with van der Waals surface area (Å²) in [6.07, 6.45) is 3.24. The van der Waals surface area contributed by atoms with Crippen molar-refractivity contribution in [2.75, 3.05) is 0 Å². The molecule has 0 aliphatic heterocycles. The van der Waals surface area contributed by atoms with Crippen LogP contribution in [0.2, 0.25) is 10.0 Å². The Morgan fingerprint density at radius 2 is 1.94 bits per heavy atom. The SMILES string of the molecule is O[C@@H]1CCCC[C@H]1Oc1cccc(Cl)c1Cl. The van der Waals surface area contributed by atoms with E-state index in [4.69, 9.17) is 27.9 Å². The summed E-state index contributed by atoms with van der Waals surface area (Å²) in [5, 5.41) is 10.7. The van der Waals surface area contributed by atoms with Crippen molar-refractivity contribution in [1.29, 1.82) is 0 Å². The highest BCUT2D eigenvalue weighted by atomic mass is 35.5.